The molecule has 0 saturated heterocycles. The van der Waals surface area contributed by atoms with Crippen molar-refractivity contribution >= 4 is 40.7 Å². The van der Waals surface area contributed by atoms with Crippen LogP contribution in [0.25, 0.3) is 0 Å². The van der Waals surface area contributed by atoms with Gasteiger partial charge < -0.3 is 0 Å². The number of benzene rings is 3. The summed E-state index contributed by atoms with van der Waals surface area (Å²) < 4.78 is 0. The number of hydrogen-bond donors (Lipinski definition) is 1. The van der Waals surface area contributed by atoms with E-state index in [1.165, 1.54) is 0 Å². The van der Waals surface area contributed by atoms with E-state index < -0.39 is 12.7 Å². The first-order valence-electron chi connectivity index (χ1n) is 9.59. The molecule has 4 heteroatoms. The lowest BCUT2D eigenvalue weighted by Crippen LogP contribution is -2.41. The molecule has 0 radical (unpaired) electrons. The zero-order valence-electron chi connectivity index (χ0n) is 17.0. The molecule has 0 bridgehead atoms. The molecule has 0 spiro atoms. The van der Waals surface area contributed by atoms with Crippen LogP contribution in [0.2, 0.25) is 0 Å². The zero-order chi connectivity index (χ0) is 20.9. The molecule has 0 aliphatic rings. The Labute approximate surface area is 179 Å². The maximum atomic E-state index is 13.0. The first-order valence-corrected chi connectivity index (χ1v) is 11.8. The summed E-state index contributed by atoms with van der Waals surface area (Å²) in [5, 5.41) is 6.60. The van der Waals surface area contributed by atoms with Gasteiger partial charge in [0, 0.05) is 5.41 Å². The van der Waals surface area contributed by atoms with Crippen LogP contribution in [0, 0.1) is 5.41 Å². The third-order valence-corrected chi connectivity index (χ3v) is 9.37. The van der Waals surface area contributed by atoms with Crippen LogP contribution in [-0.2, 0) is 4.79 Å². The van der Waals surface area contributed by atoms with E-state index in [2.05, 4.69) is 41.7 Å². The lowest BCUT2D eigenvalue weighted by atomic mass is 9.96. The van der Waals surface area contributed by atoms with E-state index in [-0.39, 0.29) is 5.91 Å². The summed E-state index contributed by atoms with van der Waals surface area (Å²) in [6.45, 7) is 5.71. The fourth-order valence-electron chi connectivity index (χ4n) is 3.31. The average Bonchev–Trinajstić information content (AvgIpc) is 2.75. The molecule has 1 N–H and O–H groups in total. The minimum absolute atomic E-state index is 0.0587. The third-order valence-electron chi connectivity index (χ3n) is 4.82. The number of carbonyl (C=O) groups excluding carboxylic acids is 1. The Kier molecular flexibility index (Phi) is 6.57. The Morgan fingerprint density at radius 1 is 0.759 bits per heavy atom. The summed E-state index contributed by atoms with van der Waals surface area (Å²) in [6.07, 6.45) is 0. The number of nitrogens with one attached hydrogen (secondary N) is 1. The lowest BCUT2D eigenvalue weighted by Gasteiger charge is -2.30. The van der Waals surface area contributed by atoms with Crippen LogP contribution in [0.4, 0.5) is 0 Å². The largest absolute Gasteiger partial charge is 0.295 e. The van der Waals surface area contributed by atoms with Crippen molar-refractivity contribution < 1.29 is 4.79 Å². The Morgan fingerprint density at radius 3 is 1.38 bits per heavy atom. The van der Waals surface area contributed by atoms with E-state index in [1.807, 2.05) is 75.4 Å². The van der Waals surface area contributed by atoms with Gasteiger partial charge in [-0.3, -0.25) is 10.1 Å². The Morgan fingerprint density at radius 2 is 1.10 bits per heavy atom. The van der Waals surface area contributed by atoms with Crippen LogP contribution in [0.15, 0.2) is 102 Å². The van der Waals surface area contributed by atoms with Crippen molar-refractivity contribution in [3.63, 3.8) is 0 Å². The first-order chi connectivity index (χ1) is 13.9. The Bertz CT molecular complexity index is 883. The van der Waals surface area contributed by atoms with Gasteiger partial charge in [0.25, 0.3) is 0 Å². The minimum Gasteiger partial charge on any atom is -0.295 e. The van der Waals surface area contributed by atoms with Gasteiger partial charge in [0.05, 0.1) is 5.54 Å². The van der Waals surface area contributed by atoms with Gasteiger partial charge in [-0.15, -0.1) is 0 Å². The van der Waals surface area contributed by atoms with E-state index in [1.54, 1.807) is 5.54 Å². The van der Waals surface area contributed by atoms with Crippen molar-refractivity contribution in [2.75, 3.05) is 0 Å². The van der Waals surface area contributed by atoms with E-state index in [0.29, 0.717) is 0 Å². The van der Waals surface area contributed by atoms with Gasteiger partial charge in [-0.25, -0.2) is 0 Å². The fraction of sp³-hybridized carbons (Fsp3) is 0.160. The molecule has 0 saturated carbocycles. The maximum Gasteiger partial charge on any atom is 0.232 e. The highest BCUT2D eigenvalue weighted by Gasteiger charge is 2.51. The predicted octanol–water partition coefficient (Wildman–Crippen LogP) is 5.18. The van der Waals surface area contributed by atoms with Gasteiger partial charge in [-0.2, -0.15) is 0 Å². The molecule has 1 amide bonds. The van der Waals surface area contributed by atoms with Crippen LogP contribution in [0.1, 0.15) is 20.8 Å². The molecule has 29 heavy (non-hydrogen) atoms. The molecule has 0 aliphatic heterocycles. The predicted molar refractivity (Wildman–Crippen MR) is 127 cm³/mol. The van der Waals surface area contributed by atoms with Crippen LogP contribution in [-0.4, -0.2) is 5.91 Å². The normalized spacial score (nSPS) is 12.5. The standard InChI is InChI=1S/C25H25ClNOP/c1-25(2,3)24(28)27-23(19-26)29(20-13-7-4-8-14-20,21-15-9-5-10-16-21)22-17-11-6-12-18-22/h4-19H,1-3H3/p+1/b23-19+. The first kappa shape index (κ1) is 21.3. The van der Waals surface area contributed by atoms with Gasteiger partial charge in [0.2, 0.25) is 5.91 Å². The quantitative estimate of drug-likeness (QED) is 0.564. The number of carbonyl (C=O) groups is 1. The highest BCUT2D eigenvalue weighted by molar-refractivity contribution is 7.99. The number of halogens is 1. The highest BCUT2D eigenvalue weighted by Crippen LogP contribution is 2.61. The second kappa shape index (κ2) is 8.95. The minimum atomic E-state index is -2.39. The van der Waals surface area contributed by atoms with Crippen molar-refractivity contribution in [2.45, 2.75) is 20.8 Å². The second-order valence-corrected chi connectivity index (χ2v) is 11.5. The number of rotatable bonds is 5. The van der Waals surface area contributed by atoms with Crippen molar-refractivity contribution in [1.82, 2.24) is 5.32 Å². The van der Waals surface area contributed by atoms with Crippen LogP contribution < -0.4 is 21.2 Å². The topological polar surface area (TPSA) is 29.1 Å². The summed E-state index contributed by atoms with van der Waals surface area (Å²) >= 11 is 6.45. The Hall–Kier alpha value is -2.41. The van der Waals surface area contributed by atoms with Crippen molar-refractivity contribution in [3.05, 3.63) is 102 Å². The molecule has 3 aromatic rings. The summed E-state index contributed by atoms with van der Waals surface area (Å²) in [6, 6.07) is 31.0. The van der Waals surface area contributed by atoms with E-state index in [4.69, 9.17) is 11.6 Å². The maximum absolute atomic E-state index is 13.0. The summed E-state index contributed by atoms with van der Waals surface area (Å²) in [4.78, 5) is 13.0. The molecule has 0 atom stereocenters. The molecule has 0 aromatic heterocycles. The van der Waals surface area contributed by atoms with Crippen molar-refractivity contribution in [1.29, 1.82) is 0 Å². The van der Waals surface area contributed by atoms with E-state index in [0.717, 1.165) is 21.4 Å². The zero-order valence-corrected chi connectivity index (χ0v) is 18.6. The molecular weight excluding hydrogens is 397 g/mol. The van der Waals surface area contributed by atoms with Crippen molar-refractivity contribution in [3.8, 4) is 0 Å². The monoisotopic (exact) mass is 422 g/mol. The lowest BCUT2D eigenvalue weighted by molar-refractivity contribution is -0.127. The average molecular weight is 423 g/mol. The van der Waals surface area contributed by atoms with E-state index >= 15 is 0 Å². The molecule has 0 unspecified atom stereocenters. The van der Waals surface area contributed by atoms with Gasteiger partial charge >= 0.3 is 0 Å². The molecule has 3 aromatic carbocycles. The number of amides is 1. The molecule has 0 heterocycles. The SMILES string of the molecule is CC(C)(C)C(=O)N/C(=C\Cl)[P+](c1ccccc1)(c1ccccc1)c1ccccc1. The molecule has 0 aliphatic carbocycles. The van der Waals surface area contributed by atoms with Gasteiger partial charge in [0.1, 0.15) is 15.9 Å². The Balaban J connectivity index is 2.35. The summed E-state index contributed by atoms with van der Waals surface area (Å²) in [5.74, 6) is -0.0587. The van der Waals surface area contributed by atoms with Crippen LogP contribution in [0.5, 0.6) is 0 Å². The molecular formula is C25H26ClNOP+. The summed E-state index contributed by atoms with van der Waals surface area (Å²) in [7, 11) is -2.39. The van der Waals surface area contributed by atoms with Gasteiger partial charge in [-0.1, -0.05) is 87.0 Å². The second-order valence-electron chi connectivity index (χ2n) is 7.88. The van der Waals surface area contributed by atoms with Crippen molar-refractivity contribution in [2.24, 2.45) is 5.41 Å². The number of hydrogen-bond acceptors (Lipinski definition) is 1. The molecule has 2 nitrogen and oxygen atoms in total. The van der Waals surface area contributed by atoms with E-state index in [9.17, 15) is 4.79 Å². The molecule has 0 fully saturated rings. The van der Waals surface area contributed by atoms with Crippen LogP contribution >= 0.6 is 18.9 Å². The fourth-order valence-corrected chi connectivity index (χ4v) is 7.80. The van der Waals surface area contributed by atoms with Crippen LogP contribution in [0.3, 0.4) is 0 Å². The molecule has 3 rings (SSSR count). The van der Waals surface area contributed by atoms with Gasteiger partial charge in [0.15, 0.2) is 12.7 Å². The molecule has 148 valence electrons. The third kappa shape index (κ3) is 4.29. The highest BCUT2D eigenvalue weighted by atomic mass is 35.5. The van der Waals surface area contributed by atoms with Gasteiger partial charge in [-0.05, 0) is 36.4 Å². The summed E-state index contributed by atoms with van der Waals surface area (Å²) in [5.41, 5.74) is 1.75. The smallest absolute Gasteiger partial charge is 0.232 e.